The second-order valence-corrected chi connectivity index (χ2v) is 12.5. The number of hydrogen-bond acceptors (Lipinski definition) is 6. The van der Waals surface area contributed by atoms with Crippen LogP contribution in [0.2, 0.25) is 0 Å². The molecule has 36 heavy (non-hydrogen) atoms. The third-order valence-corrected chi connectivity index (χ3v) is 7.99. The third kappa shape index (κ3) is 4.55. The van der Waals surface area contributed by atoms with E-state index >= 15 is 0 Å². The summed E-state index contributed by atoms with van der Waals surface area (Å²) >= 11 is 0. The largest absolute Gasteiger partial charge is 0.534 e. The van der Waals surface area contributed by atoms with Gasteiger partial charge in [0, 0.05) is 12.1 Å². The molecule has 2 aliphatic carbocycles. The maximum absolute atomic E-state index is 12.9. The highest BCUT2D eigenvalue weighted by molar-refractivity contribution is 7.88. The molecule has 2 aromatic rings. The molecule has 1 aliphatic heterocycles. The Morgan fingerprint density at radius 2 is 1.86 bits per heavy atom. The van der Waals surface area contributed by atoms with Crippen LogP contribution in [0.25, 0.3) is 11.3 Å². The molecule has 3 aliphatic rings. The predicted molar refractivity (Wildman–Crippen MR) is 124 cm³/mol. The molecule has 2 fully saturated rings. The summed E-state index contributed by atoms with van der Waals surface area (Å²) in [5.74, 6) is 0.317. The number of carbonyl (C=O) groups is 1. The first-order valence-electron chi connectivity index (χ1n) is 11.9. The Balaban J connectivity index is 1.44. The van der Waals surface area contributed by atoms with Gasteiger partial charge in [-0.2, -0.15) is 21.6 Å². The summed E-state index contributed by atoms with van der Waals surface area (Å²) in [5, 5.41) is 0. The molecule has 0 bridgehead atoms. The molecule has 1 spiro atoms. The normalized spacial score (nSPS) is 21.1. The molecule has 0 radical (unpaired) electrons. The lowest BCUT2D eigenvalue weighted by atomic mass is 10.0. The van der Waals surface area contributed by atoms with Gasteiger partial charge in [-0.25, -0.2) is 9.78 Å². The molecule has 1 saturated heterocycles. The van der Waals surface area contributed by atoms with Gasteiger partial charge in [0.05, 0.1) is 17.9 Å². The summed E-state index contributed by atoms with van der Waals surface area (Å²) in [5.41, 5.74) is -3.48. The number of rotatable bonds is 4. The minimum absolute atomic E-state index is 0.0960. The number of likely N-dealkylation sites (tertiary alicyclic amines) is 1. The summed E-state index contributed by atoms with van der Waals surface area (Å²) in [4.78, 5) is 22.5. The van der Waals surface area contributed by atoms with Gasteiger partial charge < -0.3 is 13.9 Å². The standard InChI is InChI=1S/C24H28F3N3O5S/c1-22(2,3)34-21(31)30-13-23(9-10-23)11-18(30)20-28-12-17(29-20)15-7-8-19(16-6-4-5-14(15)16)35-36(32,33)24(25,26)27/h7-8,12,18H,4-6,9-11,13H2,1-3H3,(H,28,29)/t18-/m0/s1. The van der Waals surface area contributed by atoms with Crippen molar-refractivity contribution in [2.75, 3.05) is 6.54 Å². The number of imidazole rings is 1. The number of aromatic nitrogens is 2. The van der Waals surface area contributed by atoms with E-state index in [9.17, 15) is 26.4 Å². The van der Waals surface area contributed by atoms with Crippen molar-refractivity contribution in [2.45, 2.75) is 76.4 Å². The molecule has 1 N–H and O–H groups in total. The van der Waals surface area contributed by atoms with Crippen LogP contribution in [0, 0.1) is 5.41 Å². The van der Waals surface area contributed by atoms with Gasteiger partial charge in [-0.05, 0) is 88.0 Å². The van der Waals surface area contributed by atoms with Crippen molar-refractivity contribution in [3.8, 4) is 17.0 Å². The Morgan fingerprint density at radius 3 is 2.50 bits per heavy atom. The Bertz CT molecular complexity index is 1310. The fraction of sp³-hybridized carbons (Fsp3) is 0.583. The van der Waals surface area contributed by atoms with Crippen LogP contribution in [0.3, 0.4) is 0 Å². The summed E-state index contributed by atoms with van der Waals surface area (Å²) in [6.07, 6.45) is 5.76. The van der Waals surface area contributed by atoms with Crippen molar-refractivity contribution in [3.05, 3.63) is 35.3 Å². The van der Waals surface area contributed by atoms with Crippen molar-refractivity contribution in [1.29, 1.82) is 0 Å². The Labute approximate surface area is 207 Å². The highest BCUT2D eigenvalue weighted by Gasteiger charge is 2.55. The summed E-state index contributed by atoms with van der Waals surface area (Å²) in [7, 11) is -5.76. The van der Waals surface area contributed by atoms with Gasteiger partial charge in [0.1, 0.15) is 17.2 Å². The molecule has 5 rings (SSSR count). The number of ether oxygens (including phenoxy) is 1. The predicted octanol–water partition coefficient (Wildman–Crippen LogP) is 5.26. The highest BCUT2D eigenvalue weighted by atomic mass is 32.2. The van der Waals surface area contributed by atoms with Crippen LogP contribution in [0.15, 0.2) is 18.3 Å². The lowest BCUT2D eigenvalue weighted by Gasteiger charge is -2.27. The lowest BCUT2D eigenvalue weighted by molar-refractivity contribution is -0.0500. The minimum atomic E-state index is -5.76. The second-order valence-electron chi connectivity index (χ2n) is 10.9. The highest BCUT2D eigenvalue weighted by Crippen LogP contribution is 2.58. The van der Waals surface area contributed by atoms with Gasteiger partial charge in [-0.15, -0.1) is 0 Å². The van der Waals surface area contributed by atoms with Gasteiger partial charge in [-0.3, -0.25) is 4.90 Å². The zero-order valence-corrected chi connectivity index (χ0v) is 21.1. The number of benzene rings is 1. The SMILES string of the molecule is CC(C)(C)OC(=O)N1CC2(CC2)C[C@H]1c1ncc(-c2ccc(OS(=O)(=O)C(F)(F)F)c3c2CCC3)[nH]1. The van der Waals surface area contributed by atoms with Crippen LogP contribution in [0.5, 0.6) is 5.75 Å². The van der Waals surface area contributed by atoms with Gasteiger partial charge in [-0.1, -0.05) is 0 Å². The molecule has 1 aromatic carbocycles. The monoisotopic (exact) mass is 527 g/mol. The fourth-order valence-electron chi connectivity index (χ4n) is 5.16. The van der Waals surface area contributed by atoms with E-state index in [0.717, 1.165) is 30.4 Å². The van der Waals surface area contributed by atoms with Crippen molar-refractivity contribution in [3.63, 3.8) is 0 Å². The fourth-order valence-corrected chi connectivity index (χ4v) is 5.65. The number of amides is 1. The van der Waals surface area contributed by atoms with E-state index < -0.39 is 21.2 Å². The van der Waals surface area contributed by atoms with Crippen LogP contribution in [-0.2, 0) is 27.7 Å². The molecular formula is C24H28F3N3O5S. The molecule has 196 valence electrons. The van der Waals surface area contributed by atoms with E-state index in [4.69, 9.17) is 4.74 Å². The third-order valence-electron chi connectivity index (χ3n) is 7.02. The van der Waals surface area contributed by atoms with Crippen LogP contribution in [0.4, 0.5) is 18.0 Å². The zero-order chi connectivity index (χ0) is 26.1. The van der Waals surface area contributed by atoms with Crippen molar-refractivity contribution < 1.29 is 35.3 Å². The smallest absolute Gasteiger partial charge is 0.444 e. The summed E-state index contributed by atoms with van der Waals surface area (Å²) < 4.78 is 71.7. The first kappa shape index (κ1) is 24.9. The van der Waals surface area contributed by atoms with Crippen LogP contribution < -0.4 is 4.18 Å². The molecule has 12 heteroatoms. The number of fused-ring (bicyclic) bond motifs is 1. The molecule has 1 amide bonds. The molecule has 2 heterocycles. The zero-order valence-electron chi connectivity index (χ0n) is 20.2. The number of alkyl halides is 3. The van der Waals surface area contributed by atoms with Crippen LogP contribution >= 0.6 is 0 Å². The maximum atomic E-state index is 12.9. The average Bonchev–Trinajstić information content (AvgIpc) is 3.15. The number of carbonyl (C=O) groups excluding carboxylic acids is 1. The van der Waals surface area contributed by atoms with Gasteiger partial charge in [0.25, 0.3) is 0 Å². The average molecular weight is 528 g/mol. The molecule has 0 unspecified atom stereocenters. The minimum Gasteiger partial charge on any atom is -0.444 e. The molecule has 8 nitrogen and oxygen atoms in total. The van der Waals surface area contributed by atoms with Gasteiger partial charge >= 0.3 is 21.7 Å². The topological polar surface area (TPSA) is 102 Å². The Hall–Kier alpha value is -2.76. The Kier molecular flexibility index (Phi) is 5.62. The molecule has 1 atom stereocenters. The maximum Gasteiger partial charge on any atom is 0.534 e. The van der Waals surface area contributed by atoms with Crippen molar-refractivity contribution in [1.82, 2.24) is 14.9 Å². The van der Waals surface area contributed by atoms with Crippen molar-refractivity contribution in [2.24, 2.45) is 5.41 Å². The van der Waals surface area contributed by atoms with E-state index in [2.05, 4.69) is 14.2 Å². The van der Waals surface area contributed by atoms with E-state index in [0.29, 0.717) is 42.9 Å². The number of hydrogen-bond donors (Lipinski definition) is 1. The summed E-state index contributed by atoms with van der Waals surface area (Å²) in [6.45, 7) is 6.07. The second kappa shape index (κ2) is 8.12. The molecule has 1 aromatic heterocycles. The van der Waals surface area contributed by atoms with E-state index in [1.54, 1.807) is 17.2 Å². The van der Waals surface area contributed by atoms with Crippen LogP contribution in [0.1, 0.15) is 69.4 Å². The van der Waals surface area contributed by atoms with Crippen LogP contribution in [-0.4, -0.2) is 47.0 Å². The number of halogens is 3. The van der Waals surface area contributed by atoms with E-state index in [1.165, 1.54) is 6.07 Å². The Morgan fingerprint density at radius 1 is 1.17 bits per heavy atom. The summed E-state index contributed by atoms with van der Waals surface area (Å²) in [6, 6.07) is 2.53. The number of nitrogens with zero attached hydrogens (tertiary/aromatic N) is 2. The number of aromatic amines is 1. The van der Waals surface area contributed by atoms with Gasteiger partial charge in [0.15, 0.2) is 0 Å². The van der Waals surface area contributed by atoms with E-state index in [-0.39, 0.29) is 23.3 Å². The molecule has 1 saturated carbocycles. The lowest BCUT2D eigenvalue weighted by Crippen LogP contribution is -2.37. The number of nitrogens with one attached hydrogen (secondary N) is 1. The van der Waals surface area contributed by atoms with Gasteiger partial charge in [0.2, 0.25) is 0 Å². The van der Waals surface area contributed by atoms with E-state index in [1.807, 2.05) is 20.8 Å². The first-order chi connectivity index (χ1) is 16.7. The number of H-pyrrole nitrogens is 1. The molecular weight excluding hydrogens is 499 g/mol. The van der Waals surface area contributed by atoms with Crippen molar-refractivity contribution >= 4 is 16.2 Å². The first-order valence-corrected chi connectivity index (χ1v) is 13.3. The quantitative estimate of drug-likeness (QED) is 0.430.